The molecule has 0 fully saturated rings. The summed E-state index contributed by atoms with van der Waals surface area (Å²) in [4.78, 5) is 6.46. The Morgan fingerprint density at radius 2 is 1.96 bits per heavy atom. The van der Waals surface area contributed by atoms with Crippen LogP contribution in [0.3, 0.4) is 0 Å². The lowest BCUT2D eigenvalue weighted by Gasteiger charge is -2.14. The molecule has 0 N–H and O–H groups in total. The second-order valence-corrected chi connectivity index (χ2v) is 6.82. The first-order valence-corrected chi connectivity index (χ1v) is 8.96. The van der Waals surface area contributed by atoms with E-state index in [2.05, 4.69) is 50.4 Å². The van der Waals surface area contributed by atoms with Gasteiger partial charge in [0.1, 0.15) is 5.75 Å². The van der Waals surface area contributed by atoms with E-state index >= 15 is 0 Å². The molecule has 0 aromatic heterocycles. The van der Waals surface area contributed by atoms with E-state index in [-0.39, 0.29) is 0 Å². The third-order valence-corrected chi connectivity index (χ3v) is 4.71. The minimum atomic E-state index is 0.638. The molecular formula is C17H18BrIN2O2. The molecule has 0 heterocycles. The standard InChI is InChI=1S/C17H18BrIN2O2/c1-4-21(2)11-20-14-10-16(22-3)17(9-12(14)18)23-15-8-6-5-7-13(15)19/h5-11H,4H2,1-3H3. The zero-order valence-corrected chi connectivity index (χ0v) is 17.0. The third kappa shape index (κ3) is 4.84. The molecule has 0 spiro atoms. The van der Waals surface area contributed by atoms with Crippen molar-refractivity contribution < 1.29 is 9.47 Å². The largest absolute Gasteiger partial charge is 0.493 e. The Morgan fingerprint density at radius 1 is 1.22 bits per heavy atom. The molecule has 0 amide bonds. The van der Waals surface area contributed by atoms with Gasteiger partial charge in [-0.3, -0.25) is 0 Å². The summed E-state index contributed by atoms with van der Waals surface area (Å²) in [7, 11) is 3.60. The minimum absolute atomic E-state index is 0.638. The number of rotatable bonds is 6. The Hall–Kier alpha value is -1.28. The summed E-state index contributed by atoms with van der Waals surface area (Å²) in [5, 5.41) is 0. The molecular weight excluding hydrogens is 471 g/mol. The van der Waals surface area contributed by atoms with Crippen LogP contribution in [0.4, 0.5) is 5.69 Å². The zero-order valence-electron chi connectivity index (χ0n) is 13.2. The maximum Gasteiger partial charge on any atom is 0.170 e. The summed E-state index contributed by atoms with van der Waals surface area (Å²) >= 11 is 5.79. The van der Waals surface area contributed by atoms with Crippen molar-refractivity contribution in [1.82, 2.24) is 4.90 Å². The molecule has 0 saturated heterocycles. The lowest BCUT2D eigenvalue weighted by Crippen LogP contribution is -2.14. The van der Waals surface area contributed by atoms with Gasteiger partial charge >= 0.3 is 0 Å². The highest BCUT2D eigenvalue weighted by Crippen LogP contribution is 2.40. The summed E-state index contributed by atoms with van der Waals surface area (Å²) in [5.41, 5.74) is 0.789. The average molecular weight is 489 g/mol. The molecule has 23 heavy (non-hydrogen) atoms. The SMILES string of the molecule is CCN(C)C=Nc1cc(OC)c(Oc2ccccc2I)cc1Br. The van der Waals surface area contributed by atoms with Crippen LogP contribution in [0.15, 0.2) is 45.9 Å². The number of hydrogen-bond donors (Lipinski definition) is 0. The molecule has 2 rings (SSSR count). The van der Waals surface area contributed by atoms with E-state index in [9.17, 15) is 0 Å². The highest BCUT2D eigenvalue weighted by molar-refractivity contribution is 14.1. The van der Waals surface area contributed by atoms with Crippen molar-refractivity contribution in [3.63, 3.8) is 0 Å². The molecule has 2 aromatic carbocycles. The van der Waals surface area contributed by atoms with Gasteiger partial charge in [0.05, 0.1) is 22.7 Å². The summed E-state index contributed by atoms with van der Waals surface area (Å²) < 4.78 is 13.3. The highest BCUT2D eigenvalue weighted by Gasteiger charge is 2.12. The van der Waals surface area contributed by atoms with Gasteiger partial charge in [-0.2, -0.15) is 0 Å². The maximum atomic E-state index is 5.99. The molecule has 0 unspecified atom stereocenters. The van der Waals surface area contributed by atoms with Gasteiger partial charge in [0, 0.05) is 30.2 Å². The van der Waals surface area contributed by atoms with Crippen LogP contribution in [0.1, 0.15) is 6.92 Å². The number of ether oxygens (including phenoxy) is 2. The monoisotopic (exact) mass is 488 g/mol. The molecule has 0 aliphatic carbocycles. The van der Waals surface area contributed by atoms with Gasteiger partial charge in [0.15, 0.2) is 11.5 Å². The molecule has 0 radical (unpaired) electrons. The Balaban J connectivity index is 2.33. The Morgan fingerprint density at radius 3 is 2.61 bits per heavy atom. The zero-order chi connectivity index (χ0) is 16.8. The van der Waals surface area contributed by atoms with Crippen molar-refractivity contribution in [2.24, 2.45) is 4.99 Å². The number of benzene rings is 2. The van der Waals surface area contributed by atoms with Crippen molar-refractivity contribution in [2.45, 2.75) is 6.92 Å². The van der Waals surface area contributed by atoms with Crippen molar-refractivity contribution in [3.05, 3.63) is 44.4 Å². The van der Waals surface area contributed by atoms with Gasteiger partial charge in [-0.1, -0.05) is 12.1 Å². The Bertz CT molecular complexity index is 707. The lowest BCUT2D eigenvalue weighted by molar-refractivity contribution is 0.378. The molecule has 0 bridgehead atoms. The fourth-order valence-corrected chi connectivity index (χ4v) is 2.67. The molecule has 6 heteroatoms. The van der Waals surface area contributed by atoms with Gasteiger partial charge in [-0.25, -0.2) is 4.99 Å². The summed E-state index contributed by atoms with van der Waals surface area (Å²) in [6.45, 7) is 2.96. The maximum absolute atomic E-state index is 5.99. The van der Waals surface area contributed by atoms with Crippen LogP contribution in [-0.2, 0) is 0 Å². The van der Waals surface area contributed by atoms with Crippen LogP contribution in [0.2, 0.25) is 0 Å². The first kappa shape index (κ1) is 18.1. The second kappa shape index (κ2) is 8.54. The molecule has 2 aromatic rings. The second-order valence-electron chi connectivity index (χ2n) is 4.80. The van der Waals surface area contributed by atoms with Crippen LogP contribution in [0.25, 0.3) is 0 Å². The van der Waals surface area contributed by atoms with Crippen LogP contribution in [0.5, 0.6) is 17.2 Å². The summed E-state index contributed by atoms with van der Waals surface area (Å²) in [5.74, 6) is 2.07. The van der Waals surface area contributed by atoms with Crippen LogP contribution in [-0.4, -0.2) is 31.9 Å². The van der Waals surface area contributed by atoms with Crippen LogP contribution in [0, 0.1) is 3.57 Å². The van der Waals surface area contributed by atoms with Crippen LogP contribution < -0.4 is 9.47 Å². The van der Waals surface area contributed by atoms with E-state index in [4.69, 9.17) is 9.47 Å². The quantitative estimate of drug-likeness (QED) is 0.307. The fourth-order valence-electron chi connectivity index (χ4n) is 1.75. The molecule has 0 saturated carbocycles. The fraction of sp³-hybridized carbons (Fsp3) is 0.235. The number of nitrogens with zero attached hydrogens (tertiary/aromatic N) is 2. The Kier molecular flexibility index (Phi) is 6.71. The van der Waals surface area contributed by atoms with E-state index in [0.717, 1.165) is 26.0 Å². The van der Waals surface area contributed by atoms with E-state index in [1.807, 2.05) is 48.3 Å². The highest BCUT2D eigenvalue weighted by atomic mass is 127. The predicted octanol–water partition coefficient (Wildman–Crippen LogP) is 5.47. The van der Waals surface area contributed by atoms with Gasteiger partial charge in [-0.15, -0.1) is 0 Å². The van der Waals surface area contributed by atoms with Crippen molar-refractivity contribution in [3.8, 4) is 17.2 Å². The van der Waals surface area contributed by atoms with Gasteiger partial charge < -0.3 is 14.4 Å². The number of methoxy groups -OCH3 is 1. The normalized spacial score (nSPS) is 10.8. The Labute approximate surface area is 158 Å². The van der Waals surface area contributed by atoms with Gasteiger partial charge in [-0.05, 0) is 57.6 Å². The first-order chi connectivity index (χ1) is 11.0. The van der Waals surface area contributed by atoms with Crippen molar-refractivity contribution >= 4 is 50.5 Å². The first-order valence-electron chi connectivity index (χ1n) is 7.09. The molecule has 122 valence electrons. The van der Waals surface area contributed by atoms with E-state index < -0.39 is 0 Å². The topological polar surface area (TPSA) is 34.1 Å². The number of aliphatic imine (C=N–C) groups is 1. The number of hydrogen-bond acceptors (Lipinski definition) is 3. The lowest BCUT2D eigenvalue weighted by atomic mass is 10.2. The van der Waals surface area contributed by atoms with Crippen molar-refractivity contribution in [1.29, 1.82) is 0 Å². The molecule has 0 atom stereocenters. The van der Waals surface area contributed by atoms with Crippen LogP contribution >= 0.6 is 38.5 Å². The summed E-state index contributed by atoms with van der Waals surface area (Å²) in [6.07, 6.45) is 1.79. The number of para-hydroxylation sites is 1. The predicted molar refractivity (Wildman–Crippen MR) is 106 cm³/mol. The van der Waals surface area contributed by atoms with Gasteiger partial charge in [0.2, 0.25) is 0 Å². The van der Waals surface area contributed by atoms with E-state index in [1.165, 1.54) is 0 Å². The molecule has 0 aliphatic rings. The van der Waals surface area contributed by atoms with Gasteiger partial charge in [0.25, 0.3) is 0 Å². The van der Waals surface area contributed by atoms with E-state index in [0.29, 0.717) is 11.5 Å². The minimum Gasteiger partial charge on any atom is -0.493 e. The summed E-state index contributed by atoms with van der Waals surface area (Å²) in [6, 6.07) is 11.6. The van der Waals surface area contributed by atoms with E-state index in [1.54, 1.807) is 13.4 Å². The smallest absolute Gasteiger partial charge is 0.170 e. The number of halogens is 2. The average Bonchev–Trinajstić information content (AvgIpc) is 2.55. The van der Waals surface area contributed by atoms with Crippen molar-refractivity contribution in [2.75, 3.05) is 20.7 Å². The molecule has 4 nitrogen and oxygen atoms in total. The third-order valence-electron chi connectivity index (χ3n) is 3.18. The molecule has 0 aliphatic heterocycles.